The SMILES string of the molecule is CC(O)c1cnc(Cc2ccc(Cl)cc2Cl)s1. The van der Waals surface area contributed by atoms with Gasteiger partial charge in [-0.15, -0.1) is 11.3 Å². The predicted molar refractivity (Wildman–Crippen MR) is 72.0 cm³/mol. The van der Waals surface area contributed by atoms with E-state index >= 15 is 0 Å². The lowest BCUT2D eigenvalue weighted by molar-refractivity contribution is 0.203. The van der Waals surface area contributed by atoms with Crippen LogP contribution in [0.2, 0.25) is 10.0 Å². The van der Waals surface area contributed by atoms with E-state index in [2.05, 4.69) is 4.98 Å². The summed E-state index contributed by atoms with van der Waals surface area (Å²) >= 11 is 13.4. The van der Waals surface area contributed by atoms with E-state index in [4.69, 9.17) is 23.2 Å². The van der Waals surface area contributed by atoms with E-state index in [1.54, 1.807) is 19.2 Å². The van der Waals surface area contributed by atoms with Crippen LogP contribution in [-0.2, 0) is 6.42 Å². The molecule has 1 N–H and O–H groups in total. The average molecular weight is 288 g/mol. The summed E-state index contributed by atoms with van der Waals surface area (Å²) in [5.41, 5.74) is 0.988. The second-order valence-electron chi connectivity index (χ2n) is 3.74. The van der Waals surface area contributed by atoms with Gasteiger partial charge in [0.05, 0.1) is 16.0 Å². The van der Waals surface area contributed by atoms with E-state index in [9.17, 15) is 5.11 Å². The maximum Gasteiger partial charge on any atom is 0.0973 e. The molecule has 0 saturated heterocycles. The maximum absolute atomic E-state index is 9.42. The van der Waals surface area contributed by atoms with Crippen LogP contribution in [-0.4, -0.2) is 10.1 Å². The summed E-state index contributed by atoms with van der Waals surface area (Å²) in [5.74, 6) is 0. The number of nitrogens with zero attached hydrogens (tertiary/aromatic N) is 1. The molecular weight excluding hydrogens is 277 g/mol. The molecule has 0 bridgehead atoms. The van der Waals surface area contributed by atoms with Gasteiger partial charge in [0, 0.05) is 22.7 Å². The number of aliphatic hydroxyl groups excluding tert-OH is 1. The third-order valence-corrected chi connectivity index (χ3v) is 4.09. The molecular formula is C12H11Cl2NOS. The van der Waals surface area contributed by atoms with Crippen LogP contribution >= 0.6 is 34.5 Å². The van der Waals surface area contributed by atoms with Gasteiger partial charge in [-0.3, -0.25) is 0 Å². The molecule has 2 aromatic rings. The first-order chi connectivity index (χ1) is 8.06. The van der Waals surface area contributed by atoms with Crippen molar-refractivity contribution in [1.29, 1.82) is 0 Å². The Bertz CT molecular complexity index is 525. The molecule has 0 radical (unpaired) electrons. The predicted octanol–water partition coefficient (Wildman–Crippen LogP) is 4.09. The summed E-state index contributed by atoms with van der Waals surface area (Å²) in [7, 11) is 0. The zero-order valence-electron chi connectivity index (χ0n) is 9.15. The molecule has 0 amide bonds. The van der Waals surface area contributed by atoms with Crippen LogP contribution in [0.4, 0.5) is 0 Å². The van der Waals surface area contributed by atoms with Crippen molar-refractivity contribution < 1.29 is 5.11 Å². The number of thiazole rings is 1. The minimum absolute atomic E-state index is 0.470. The number of halogens is 2. The lowest BCUT2D eigenvalue weighted by Crippen LogP contribution is -1.87. The van der Waals surface area contributed by atoms with Gasteiger partial charge in [0.1, 0.15) is 0 Å². The van der Waals surface area contributed by atoms with Crippen molar-refractivity contribution in [2.45, 2.75) is 19.4 Å². The van der Waals surface area contributed by atoms with Crippen LogP contribution in [0.15, 0.2) is 24.4 Å². The van der Waals surface area contributed by atoms with Crippen LogP contribution in [0, 0.1) is 0 Å². The van der Waals surface area contributed by atoms with Crippen LogP contribution in [0.3, 0.4) is 0 Å². The summed E-state index contributed by atoms with van der Waals surface area (Å²) in [5, 5.41) is 11.6. The third kappa shape index (κ3) is 3.19. The quantitative estimate of drug-likeness (QED) is 0.922. The fourth-order valence-corrected chi connectivity index (χ4v) is 2.78. The smallest absolute Gasteiger partial charge is 0.0973 e. The zero-order valence-corrected chi connectivity index (χ0v) is 11.5. The summed E-state index contributed by atoms with van der Waals surface area (Å²) in [6.45, 7) is 1.73. The minimum Gasteiger partial charge on any atom is -0.388 e. The lowest BCUT2D eigenvalue weighted by Gasteiger charge is -2.02. The fraction of sp³-hybridized carbons (Fsp3) is 0.250. The van der Waals surface area contributed by atoms with Crippen molar-refractivity contribution in [3.05, 3.63) is 49.9 Å². The Labute approximate surface area is 114 Å². The first-order valence-corrected chi connectivity index (χ1v) is 6.70. The highest BCUT2D eigenvalue weighted by atomic mass is 35.5. The highest BCUT2D eigenvalue weighted by molar-refractivity contribution is 7.11. The summed E-state index contributed by atoms with van der Waals surface area (Å²) in [6.07, 6.45) is 1.89. The van der Waals surface area contributed by atoms with Crippen LogP contribution in [0.25, 0.3) is 0 Å². The molecule has 0 spiro atoms. The Hall–Kier alpha value is -0.610. The molecule has 1 unspecified atom stereocenters. The van der Waals surface area contributed by atoms with Gasteiger partial charge in [-0.1, -0.05) is 29.3 Å². The average Bonchev–Trinajstić information content (AvgIpc) is 2.71. The van der Waals surface area contributed by atoms with Crippen molar-refractivity contribution >= 4 is 34.5 Å². The Kier molecular flexibility index (Phi) is 4.05. The van der Waals surface area contributed by atoms with Crippen molar-refractivity contribution in [3.63, 3.8) is 0 Å². The van der Waals surface area contributed by atoms with Gasteiger partial charge in [-0.05, 0) is 24.6 Å². The summed E-state index contributed by atoms with van der Waals surface area (Å²) in [6, 6.07) is 5.43. The molecule has 90 valence electrons. The van der Waals surface area contributed by atoms with Gasteiger partial charge in [0.25, 0.3) is 0 Å². The van der Waals surface area contributed by atoms with Gasteiger partial charge >= 0.3 is 0 Å². The third-order valence-electron chi connectivity index (χ3n) is 2.34. The molecule has 0 aliphatic heterocycles. The Morgan fingerprint density at radius 3 is 2.76 bits per heavy atom. The molecule has 1 aromatic heterocycles. The molecule has 17 heavy (non-hydrogen) atoms. The van der Waals surface area contributed by atoms with Crippen molar-refractivity contribution in [1.82, 2.24) is 4.98 Å². The molecule has 0 fully saturated rings. The van der Waals surface area contributed by atoms with Crippen LogP contribution in [0.5, 0.6) is 0 Å². The van der Waals surface area contributed by atoms with E-state index in [-0.39, 0.29) is 0 Å². The molecule has 0 saturated carbocycles. The van der Waals surface area contributed by atoms with Crippen molar-refractivity contribution in [2.24, 2.45) is 0 Å². The zero-order chi connectivity index (χ0) is 12.4. The van der Waals surface area contributed by atoms with E-state index in [1.165, 1.54) is 11.3 Å². The van der Waals surface area contributed by atoms with E-state index in [0.717, 1.165) is 15.4 Å². The number of hydrogen-bond donors (Lipinski definition) is 1. The molecule has 0 aliphatic rings. The Morgan fingerprint density at radius 2 is 2.18 bits per heavy atom. The second-order valence-corrected chi connectivity index (χ2v) is 5.74. The standard InChI is InChI=1S/C12H11Cl2NOS/c1-7(16)11-6-15-12(17-11)4-8-2-3-9(13)5-10(8)14/h2-3,5-7,16H,4H2,1H3. The Morgan fingerprint density at radius 1 is 1.41 bits per heavy atom. The highest BCUT2D eigenvalue weighted by Gasteiger charge is 2.09. The molecule has 0 aliphatic carbocycles. The fourth-order valence-electron chi connectivity index (χ4n) is 1.43. The van der Waals surface area contributed by atoms with Crippen LogP contribution in [0.1, 0.15) is 28.5 Å². The maximum atomic E-state index is 9.42. The molecule has 2 nitrogen and oxygen atoms in total. The van der Waals surface area contributed by atoms with Gasteiger partial charge in [0.15, 0.2) is 0 Å². The lowest BCUT2D eigenvalue weighted by atomic mass is 10.1. The van der Waals surface area contributed by atoms with E-state index in [0.29, 0.717) is 16.5 Å². The highest BCUT2D eigenvalue weighted by Crippen LogP contribution is 2.26. The number of rotatable bonds is 3. The molecule has 1 atom stereocenters. The van der Waals surface area contributed by atoms with Crippen LogP contribution < -0.4 is 0 Å². The Balaban J connectivity index is 2.19. The van der Waals surface area contributed by atoms with E-state index < -0.39 is 6.10 Å². The molecule has 1 heterocycles. The van der Waals surface area contributed by atoms with E-state index in [1.807, 2.05) is 12.1 Å². The first-order valence-electron chi connectivity index (χ1n) is 5.13. The number of benzene rings is 1. The number of hydrogen-bond acceptors (Lipinski definition) is 3. The first kappa shape index (κ1) is 12.8. The van der Waals surface area contributed by atoms with Gasteiger partial charge in [0.2, 0.25) is 0 Å². The van der Waals surface area contributed by atoms with Gasteiger partial charge in [-0.2, -0.15) is 0 Å². The number of aromatic nitrogens is 1. The molecule has 1 aromatic carbocycles. The monoisotopic (exact) mass is 287 g/mol. The van der Waals surface area contributed by atoms with Gasteiger partial charge < -0.3 is 5.11 Å². The molecule has 5 heteroatoms. The van der Waals surface area contributed by atoms with Gasteiger partial charge in [-0.25, -0.2) is 4.98 Å². The second kappa shape index (κ2) is 5.36. The molecule has 2 rings (SSSR count). The van der Waals surface area contributed by atoms with Crippen molar-refractivity contribution in [3.8, 4) is 0 Å². The summed E-state index contributed by atoms with van der Waals surface area (Å²) < 4.78 is 0. The topological polar surface area (TPSA) is 33.1 Å². The summed E-state index contributed by atoms with van der Waals surface area (Å²) in [4.78, 5) is 5.13. The number of aliphatic hydroxyl groups is 1. The van der Waals surface area contributed by atoms with Crippen molar-refractivity contribution in [2.75, 3.05) is 0 Å². The largest absolute Gasteiger partial charge is 0.388 e. The normalized spacial score (nSPS) is 12.7. The minimum atomic E-state index is -0.470.